The van der Waals surface area contributed by atoms with Crippen LogP contribution in [0, 0.1) is 11.8 Å². The third kappa shape index (κ3) is 3.56. The second-order valence-electron chi connectivity index (χ2n) is 5.14. The molecule has 104 valence electrons. The number of nitrogens with one attached hydrogen (secondary N) is 1. The smallest absolute Gasteiger partial charge is 0.306 e. The third-order valence-corrected chi connectivity index (χ3v) is 3.69. The van der Waals surface area contributed by atoms with Gasteiger partial charge in [-0.3, -0.25) is 14.3 Å². The topological polar surface area (TPSA) is 84.2 Å². The van der Waals surface area contributed by atoms with E-state index in [9.17, 15) is 9.59 Å². The van der Waals surface area contributed by atoms with Gasteiger partial charge >= 0.3 is 5.97 Å². The van der Waals surface area contributed by atoms with E-state index < -0.39 is 5.97 Å². The van der Waals surface area contributed by atoms with Gasteiger partial charge in [0.25, 0.3) is 5.91 Å². The van der Waals surface area contributed by atoms with Crippen LogP contribution in [-0.4, -0.2) is 33.3 Å². The molecule has 1 aromatic rings. The van der Waals surface area contributed by atoms with Gasteiger partial charge in [0, 0.05) is 19.8 Å². The Kier molecular flexibility index (Phi) is 4.19. The van der Waals surface area contributed by atoms with Crippen LogP contribution in [-0.2, 0) is 11.8 Å². The van der Waals surface area contributed by atoms with Crippen molar-refractivity contribution in [3.05, 3.63) is 18.0 Å². The van der Waals surface area contributed by atoms with Gasteiger partial charge in [-0.2, -0.15) is 5.10 Å². The van der Waals surface area contributed by atoms with Gasteiger partial charge in [0.05, 0.1) is 5.92 Å². The molecule has 0 atom stereocenters. The molecule has 0 aromatic carbocycles. The average molecular weight is 265 g/mol. The van der Waals surface area contributed by atoms with E-state index in [4.69, 9.17) is 5.11 Å². The van der Waals surface area contributed by atoms with Crippen LogP contribution in [0.5, 0.6) is 0 Å². The first-order valence-corrected chi connectivity index (χ1v) is 6.57. The molecule has 1 amide bonds. The number of nitrogens with zero attached hydrogens (tertiary/aromatic N) is 2. The third-order valence-electron chi connectivity index (χ3n) is 3.69. The van der Waals surface area contributed by atoms with E-state index in [1.807, 2.05) is 0 Å². The molecule has 0 saturated heterocycles. The summed E-state index contributed by atoms with van der Waals surface area (Å²) in [7, 11) is 1.77. The van der Waals surface area contributed by atoms with Crippen LogP contribution in [0.4, 0.5) is 0 Å². The number of hydrogen-bond donors (Lipinski definition) is 2. The monoisotopic (exact) mass is 265 g/mol. The molecule has 0 spiro atoms. The minimum atomic E-state index is -0.698. The summed E-state index contributed by atoms with van der Waals surface area (Å²) in [6, 6.07) is 1.68. The van der Waals surface area contributed by atoms with Gasteiger partial charge in [0.15, 0.2) is 0 Å². The number of carbonyl (C=O) groups is 2. The van der Waals surface area contributed by atoms with Crippen LogP contribution in [0.25, 0.3) is 0 Å². The van der Waals surface area contributed by atoms with Gasteiger partial charge in [-0.05, 0) is 37.7 Å². The molecule has 6 nitrogen and oxygen atoms in total. The molecule has 1 fully saturated rings. The highest BCUT2D eigenvalue weighted by Crippen LogP contribution is 2.28. The number of carboxylic acids is 1. The molecular formula is C13H19N3O3. The summed E-state index contributed by atoms with van der Waals surface area (Å²) in [6.45, 7) is 0.599. The predicted molar refractivity (Wildman–Crippen MR) is 68.6 cm³/mol. The Balaban J connectivity index is 1.75. The van der Waals surface area contributed by atoms with Crippen molar-refractivity contribution in [2.24, 2.45) is 18.9 Å². The molecular weight excluding hydrogens is 246 g/mol. The zero-order chi connectivity index (χ0) is 13.8. The summed E-state index contributed by atoms with van der Waals surface area (Å²) in [5.41, 5.74) is 0.418. The molecule has 1 aromatic heterocycles. The van der Waals surface area contributed by atoms with E-state index in [2.05, 4.69) is 10.4 Å². The van der Waals surface area contributed by atoms with E-state index in [-0.39, 0.29) is 11.8 Å². The summed E-state index contributed by atoms with van der Waals surface area (Å²) in [5, 5.41) is 15.8. The summed E-state index contributed by atoms with van der Waals surface area (Å²) < 4.78 is 1.59. The highest BCUT2D eigenvalue weighted by atomic mass is 16.4. The van der Waals surface area contributed by atoms with Crippen molar-refractivity contribution in [1.82, 2.24) is 15.1 Å². The predicted octanol–water partition coefficient (Wildman–Crippen LogP) is 1.04. The maximum atomic E-state index is 11.8. The molecule has 6 heteroatoms. The largest absolute Gasteiger partial charge is 0.481 e. The first kappa shape index (κ1) is 13.6. The van der Waals surface area contributed by atoms with Crippen molar-refractivity contribution in [2.45, 2.75) is 25.7 Å². The number of aryl methyl sites for hydroxylation is 1. The Morgan fingerprint density at radius 1 is 1.42 bits per heavy atom. The van der Waals surface area contributed by atoms with Gasteiger partial charge in [-0.25, -0.2) is 0 Å². The number of carboxylic acid groups (broad SMARTS) is 1. The maximum Gasteiger partial charge on any atom is 0.306 e. The summed E-state index contributed by atoms with van der Waals surface area (Å²) in [6.07, 6.45) is 4.87. The lowest BCUT2D eigenvalue weighted by atomic mass is 9.82. The summed E-state index contributed by atoms with van der Waals surface area (Å²) in [4.78, 5) is 22.6. The standard InChI is InChI=1S/C13H19N3O3/c1-16-7-6-11(15-16)12(17)14-8-9-2-4-10(5-3-9)13(18)19/h6-7,9-10H,2-5,8H2,1H3,(H,14,17)(H,18,19). The Labute approximate surface area is 111 Å². The van der Waals surface area contributed by atoms with Gasteiger partial charge in [-0.15, -0.1) is 0 Å². The Hall–Kier alpha value is -1.85. The fourth-order valence-electron chi connectivity index (χ4n) is 2.48. The van der Waals surface area contributed by atoms with Crippen LogP contribution in [0.1, 0.15) is 36.2 Å². The van der Waals surface area contributed by atoms with Crippen molar-refractivity contribution < 1.29 is 14.7 Å². The number of aromatic nitrogens is 2. The zero-order valence-corrected chi connectivity index (χ0v) is 11.0. The van der Waals surface area contributed by atoms with Crippen molar-refractivity contribution >= 4 is 11.9 Å². The lowest BCUT2D eigenvalue weighted by Crippen LogP contribution is -2.32. The number of carbonyl (C=O) groups excluding carboxylic acids is 1. The molecule has 2 N–H and O–H groups in total. The van der Waals surface area contributed by atoms with Crippen LogP contribution in [0.2, 0.25) is 0 Å². The average Bonchev–Trinajstić information content (AvgIpc) is 2.83. The van der Waals surface area contributed by atoms with Crippen LogP contribution in [0.3, 0.4) is 0 Å². The Bertz CT molecular complexity index is 461. The summed E-state index contributed by atoms with van der Waals surface area (Å²) in [5.74, 6) is -0.692. The molecule has 1 heterocycles. The number of hydrogen-bond acceptors (Lipinski definition) is 3. The van der Waals surface area contributed by atoms with Gasteiger partial charge in [0.2, 0.25) is 0 Å². The van der Waals surface area contributed by atoms with Crippen molar-refractivity contribution in [1.29, 1.82) is 0 Å². The Morgan fingerprint density at radius 2 is 2.11 bits per heavy atom. The molecule has 1 saturated carbocycles. The second-order valence-corrected chi connectivity index (χ2v) is 5.14. The lowest BCUT2D eigenvalue weighted by molar-refractivity contribution is -0.143. The quantitative estimate of drug-likeness (QED) is 0.852. The SMILES string of the molecule is Cn1ccc(C(=O)NCC2CCC(C(=O)O)CC2)n1. The van der Waals surface area contributed by atoms with Gasteiger partial charge < -0.3 is 10.4 Å². The zero-order valence-electron chi connectivity index (χ0n) is 11.0. The van der Waals surface area contributed by atoms with Crippen molar-refractivity contribution in [2.75, 3.05) is 6.54 Å². The minimum absolute atomic E-state index is 0.166. The highest BCUT2D eigenvalue weighted by Gasteiger charge is 2.26. The number of rotatable bonds is 4. The van der Waals surface area contributed by atoms with Crippen LogP contribution < -0.4 is 5.32 Å². The van der Waals surface area contributed by atoms with Crippen molar-refractivity contribution in [3.8, 4) is 0 Å². The fraction of sp³-hybridized carbons (Fsp3) is 0.615. The van der Waals surface area contributed by atoms with E-state index in [1.54, 1.807) is 24.0 Å². The van der Waals surface area contributed by atoms with E-state index >= 15 is 0 Å². The van der Waals surface area contributed by atoms with Gasteiger partial charge in [-0.1, -0.05) is 0 Å². The first-order valence-electron chi connectivity index (χ1n) is 6.57. The molecule has 0 aliphatic heterocycles. The molecule has 19 heavy (non-hydrogen) atoms. The highest BCUT2D eigenvalue weighted by molar-refractivity contribution is 5.92. The minimum Gasteiger partial charge on any atom is -0.481 e. The molecule has 1 aliphatic carbocycles. The summed E-state index contributed by atoms with van der Waals surface area (Å²) >= 11 is 0. The number of amides is 1. The Morgan fingerprint density at radius 3 is 2.63 bits per heavy atom. The van der Waals surface area contributed by atoms with Gasteiger partial charge in [0.1, 0.15) is 5.69 Å². The van der Waals surface area contributed by atoms with E-state index in [1.165, 1.54) is 0 Å². The fourth-order valence-corrected chi connectivity index (χ4v) is 2.48. The maximum absolute atomic E-state index is 11.8. The van der Waals surface area contributed by atoms with Crippen LogP contribution >= 0.6 is 0 Å². The molecule has 1 aliphatic rings. The molecule has 0 bridgehead atoms. The van der Waals surface area contributed by atoms with Crippen molar-refractivity contribution in [3.63, 3.8) is 0 Å². The van der Waals surface area contributed by atoms with E-state index in [0.29, 0.717) is 31.0 Å². The lowest BCUT2D eigenvalue weighted by Gasteiger charge is -2.25. The first-order chi connectivity index (χ1) is 9.06. The number of aliphatic carboxylic acids is 1. The van der Waals surface area contributed by atoms with E-state index in [0.717, 1.165) is 12.8 Å². The molecule has 0 radical (unpaired) electrons. The van der Waals surface area contributed by atoms with Crippen LogP contribution in [0.15, 0.2) is 12.3 Å². The molecule has 2 rings (SSSR count). The molecule has 0 unspecified atom stereocenters. The normalized spacial score (nSPS) is 23.0. The second kappa shape index (κ2) is 5.86.